The smallest absolute Gasteiger partial charge is 0.493 e. The molecule has 0 unspecified atom stereocenters. The molecule has 6 nitrogen and oxygen atoms in total. The third-order valence-electron chi connectivity index (χ3n) is 3.89. The van der Waals surface area contributed by atoms with E-state index < -0.39 is 6.29 Å². The van der Waals surface area contributed by atoms with Crippen LogP contribution in [0, 0.1) is 6.92 Å². The van der Waals surface area contributed by atoms with E-state index in [0.29, 0.717) is 28.5 Å². The Bertz CT molecular complexity index is 932. The number of aromatic nitrogens is 3. The van der Waals surface area contributed by atoms with Crippen LogP contribution in [0.5, 0.6) is 17.2 Å². The fourth-order valence-electron chi connectivity index (χ4n) is 2.65. The van der Waals surface area contributed by atoms with Crippen molar-refractivity contribution in [2.75, 3.05) is 6.61 Å². The number of ether oxygens (including phenoxy) is 3. The van der Waals surface area contributed by atoms with Crippen molar-refractivity contribution in [2.45, 2.75) is 31.1 Å². The minimum absolute atomic E-state index is 0.00960. The van der Waals surface area contributed by atoms with E-state index in [9.17, 15) is 8.78 Å². The van der Waals surface area contributed by atoms with Gasteiger partial charge >= 0.3 is 6.29 Å². The molecule has 9 heteroatoms. The zero-order valence-electron chi connectivity index (χ0n) is 14.0. The number of nitrogens with one attached hydrogen (secondary N) is 1. The summed E-state index contributed by atoms with van der Waals surface area (Å²) in [4.78, 5) is 11.9. The second-order valence-corrected chi connectivity index (χ2v) is 6.59. The quantitative estimate of drug-likeness (QED) is 0.668. The molecular formula is C17H15F2N3O3S. The van der Waals surface area contributed by atoms with E-state index in [1.54, 1.807) is 6.20 Å². The van der Waals surface area contributed by atoms with Crippen LogP contribution in [-0.2, 0) is 5.75 Å². The first-order valence-corrected chi connectivity index (χ1v) is 8.93. The van der Waals surface area contributed by atoms with E-state index >= 15 is 0 Å². The van der Waals surface area contributed by atoms with E-state index in [2.05, 4.69) is 24.4 Å². The second kappa shape index (κ2) is 6.31. The first-order valence-electron chi connectivity index (χ1n) is 7.95. The molecular weight excluding hydrogens is 364 g/mol. The van der Waals surface area contributed by atoms with Gasteiger partial charge in [0, 0.05) is 29.6 Å². The van der Waals surface area contributed by atoms with E-state index in [1.165, 1.54) is 23.9 Å². The molecule has 0 saturated heterocycles. The monoisotopic (exact) mass is 379 g/mol. The molecule has 1 aromatic carbocycles. The molecule has 0 aliphatic carbocycles. The van der Waals surface area contributed by atoms with Gasteiger partial charge in [-0.25, -0.2) is 4.98 Å². The largest absolute Gasteiger partial charge is 0.586 e. The van der Waals surface area contributed by atoms with E-state index in [0.717, 1.165) is 17.0 Å². The van der Waals surface area contributed by atoms with Gasteiger partial charge in [-0.2, -0.15) is 0 Å². The molecule has 3 heterocycles. The highest BCUT2D eigenvalue weighted by Gasteiger charge is 2.43. The number of alkyl halides is 2. The fraction of sp³-hybridized carbons (Fsp3) is 0.294. The maximum Gasteiger partial charge on any atom is 0.586 e. The number of aromatic amines is 1. The van der Waals surface area contributed by atoms with E-state index in [-0.39, 0.29) is 11.5 Å². The number of imidazole rings is 1. The number of pyridine rings is 1. The molecule has 1 aliphatic heterocycles. The van der Waals surface area contributed by atoms with Crippen LogP contribution >= 0.6 is 11.8 Å². The van der Waals surface area contributed by atoms with Crippen molar-refractivity contribution in [2.24, 2.45) is 0 Å². The summed E-state index contributed by atoms with van der Waals surface area (Å²) >= 11 is 1.46. The Morgan fingerprint density at radius 2 is 2.04 bits per heavy atom. The summed E-state index contributed by atoms with van der Waals surface area (Å²) in [5, 5.41) is 0.651. The molecule has 3 aromatic rings. The summed E-state index contributed by atoms with van der Waals surface area (Å²) in [6, 6.07) is 4.73. The molecule has 136 valence electrons. The van der Waals surface area contributed by atoms with Gasteiger partial charge in [0.2, 0.25) is 0 Å². The Hall–Kier alpha value is -2.55. The van der Waals surface area contributed by atoms with Gasteiger partial charge in [0.05, 0.1) is 23.3 Å². The van der Waals surface area contributed by atoms with Crippen LogP contribution in [0.15, 0.2) is 29.6 Å². The van der Waals surface area contributed by atoms with Crippen LogP contribution in [-0.4, -0.2) is 27.9 Å². The molecule has 0 fully saturated rings. The molecule has 26 heavy (non-hydrogen) atoms. The van der Waals surface area contributed by atoms with Gasteiger partial charge in [-0.3, -0.25) is 4.98 Å². The van der Waals surface area contributed by atoms with Gasteiger partial charge in [0.25, 0.3) is 0 Å². The van der Waals surface area contributed by atoms with Crippen molar-refractivity contribution in [1.29, 1.82) is 0 Å². The van der Waals surface area contributed by atoms with E-state index in [4.69, 9.17) is 4.74 Å². The number of halogens is 2. The minimum atomic E-state index is -3.63. The van der Waals surface area contributed by atoms with Crippen molar-refractivity contribution in [1.82, 2.24) is 15.0 Å². The highest BCUT2D eigenvalue weighted by molar-refractivity contribution is 7.98. The van der Waals surface area contributed by atoms with Crippen LogP contribution < -0.4 is 14.2 Å². The normalized spacial score (nSPS) is 14.8. The third kappa shape index (κ3) is 3.14. The summed E-state index contributed by atoms with van der Waals surface area (Å²) in [6.07, 6.45) is -1.92. The molecule has 0 spiro atoms. The van der Waals surface area contributed by atoms with Gasteiger partial charge in [-0.15, -0.1) is 8.78 Å². The number of benzene rings is 1. The molecule has 0 saturated carbocycles. The van der Waals surface area contributed by atoms with Crippen LogP contribution in [0.1, 0.15) is 18.2 Å². The van der Waals surface area contributed by atoms with Gasteiger partial charge in [0.1, 0.15) is 5.75 Å². The molecule has 0 radical (unpaired) electrons. The Balaban J connectivity index is 1.53. The molecule has 0 bridgehead atoms. The first-order chi connectivity index (χ1) is 12.4. The Labute approximate surface area is 151 Å². The average molecular weight is 379 g/mol. The summed E-state index contributed by atoms with van der Waals surface area (Å²) in [5.74, 6) is 1.38. The number of rotatable bonds is 5. The molecule has 0 atom stereocenters. The lowest BCUT2D eigenvalue weighted by atomic mass is 10.2. The van der Waals surface area contributed by atoms with Crippen LogP contribution in [0.25, 0.3) is 11.0 Å². The lowest BCUT2D eigenvalue weighted by Gasteiger charge is -2.09. The molecule has 2 aromatic heterocycles. The van der Waals surface area contributed by atoms with Gasteiger partial charge in [0.15, 0.2) is 16.7 Å². The summed E-state index contributed by atoms with van der Waals surface area (Å²) in [6.45, 7) is 4.49. The standard InChI is InChI=1S/C17H15F2N3O3S/c1-3-23-13-4-5-20-12(9(13)2)8-26-16-21-10-6-14-15(7-11(10)22-16)25-17(18,19)24-14/h4-7H,3,8H2,1-2H3,(H,21,22). The van der Waals surface area contributed by atoms with Crippen molar-refractivity contribution >= 4 is 22.8 Å². The van der Waals surface area contributed by atoms with Crippen LogP contribution in [0.3, 0.4) is 0 Å². The molecule has 1 N–H and O–H groups in total. The Morgan fingerprint density at radius 3 is 2.81 bits per heavy atom. The number of fused-ring (bicyclic) bond motifs is 2. The third-order valence-corrected chi connectivity index (χ3v) is 4.77. The Kier molecular flexibility index (Phi) is 4.10. The van der Waals surface area contributed by atoms with Crippen molar-refractivity contribution < 1.29 is 23.0 Å². The lowest BCUT2D eigenvalue weighted by molar-refractivity contribution is -0.286. The maximum atomic E-state index is 13.1. The van der Waals surface area contributed by atoms with Crippen molar-refractivity contribution in [3.05, 3.63) is 35.7 Å². The predicted molar refractivity (Wildman–Crippen MR) is 92.0 cm³/mol. The maximum absolute atomic E-state index is 13.1. The zero-order chi connectivity index (χ0) is 18.3. The van der Waals surface area contributed by atoms with E-state index in [1.807, 2.05) is 19.9 Å². The molecule has 0 amide bonds. The van der Waals surface area contributed by atoms with Crippen molar-refractivity contribution in [3.8, 4) is 17.2 Å². The zero-order valence-corrected chi connectivity index (χ0v) is 14.8. The van der Waals surface area contributed by atoms with Gasteiger partial charge in [-0.05, 0) is 19.9 Å². The molecule has 1 aliphatic rings. The van der Waals surface area contributed by atoms with Crippen LogP contribution in [0.2, 0.25) is 0 Å². The number of hydrogen-bond acceptors (Lipinski definition) is 6. The van der Waals surface area contributed by atoms with Crippen LogP contribution in [0.4, 0.5) is 8.78 Å². The number of hydrogen-bond donors (Lipinski definition) is 1. The van der Waals surface area contributed by atoms with Gasteiger partial charge in [-0.1, -0.05) is 11.8 Å². The first kappa shape index (κ1) is 16.9. The minimum Gasteiger partial charge on any atom is -0.493 e. The highest BCUT2D eigenvalue weighted by atomic mass is 32.2. The topological polar surface area (TPSA) is 69.3 Å². The highest BCUT2D eigenvalue weighted by Crippen LogP contribution is 2.43. The summed E-state index contributed by atoms with van der Waals surface area (Å²) in [7, 11) is 0. The SMILES string of the molecule is CCOc1ccnc(CSc2nc3cc4c(cc3[nH]2)OC(F)(F)O4)c1C. The fourth-order valence-corrected chi connectivity index (χ4v) is 3.56. The van der Waals surface area contributed by atoms with Gasteiger partial charge < -0.3 is 19.2 Å². The lowest BCUT2D eigenvalue weighted by Crippen LogP contribution is -2.25. The van der Waals surface area contributed by atoms with Crippen molar-refractivity contribution in [3.63, 3.8) is 0 Å². The molecule has 4 rings (SSSR count). The predicted octanol–water partition coefficient (Wildman–Crippen LogP) is 4.28. The number of thioether (sulfide) groups is 1. The summed E-state index contributed by atoms with van der Waals surface area (Å²) in [5.41, 5.74) is 3.01. The number of nitrogens with zero attached hydrogens (tertiary/aromatic N) is 2. The summed E-state index contributed by atoms with van der Waals surface area (Å²) < 4.78 is 40.7. The second-order valence-electron chi connectivity index (χ2n) is 5.63. The number of H-pyrrole nitrogens is 1. The average Bonchev–Trinajstić information content (AvgIpc) is 3.10. The Morgan fingerprint density at radius 1 is 1.27 bits per heavy atom.